The minimum atomic E-state index is -0.174. The predicted octanol–water partition coefficient (Wildman–Crippen LogP) is 1.94. The number of anilines is 1. The lowest BCUT2D eigenvalue weighted by atomic mass is 10.2. The fourth-order valence-corrected chi connectivity index (χ4v) is 1.55. The maximum Gasteiger partial charge on any atom is 0.238 e. The fourth-order valence-electron chi connectivity index (χ4n) is 1.31. The number of carbonyl (C=O) groups is 1. The summed E-state index contributed by atoms with van der Waals surface area (Å²) in [5.74, 6) is 0.817. The lowest BCUT2D eigenvalue weighted by molar-refractivity contribution is -0.115. The molecule has 0 heterocycles. The molecular formula is C11H16Cl2N2O3. The van der Waals surface area contributed by atoms with Crippen molar-refractivity contribution in [1.82, 2.24) is 5.32 Å². The number of rotatable bonds is 5. The first-order valence-electron chi connectivity index (χ1n) is 4.98. The Kier molecular flexibility index (Phi) is 7.50. The minimum Gasteiger partial charge on any atom is -0.495 e. The maximum atomic E-state index is 11.4. The zero-order chi connectivity index (χ0) is 12.8. The van der Waals surface area contributed by atoms with E-state index in [0.29, 0.717) is 22.2 Å². The van der Waals surface area contributed by atoms with E-state index in [-0.39, 0.29) is 24.9 Å². The molecule has 7 heteroatoms. The van der Waals surface area contributed by atoms with Gasteiger partial charge >= 0.3 is 0 Å². The number of nitrogens with one attached hydrogen (secondary N) is 2. The van der Waals surface area contributed by atoms with E-state index in [9.17, 15) is 4.79 Å². The van der Waals surface area contributed by atoms with Crippen molar-refractivity contribution < 1.29 is 14.3 Å². The van der Waals surface area contributed by atoms with Crippen LogP contribution in [0.4, 0.5) is 5.69 Å². The number of likely N-dealkylation sites (N-methyl/N-ethyl adjacent to an activating group) is 1. The number of halogens is 2. The highest BCUT2D eigenvalue weighted by Gasteiger charge is 2.11. The van der Waals surface area contributed by atoms with Crippen molar-refractivity contribution in [3.8, 4) is 11.5 Å². The lowest BCUT2D eigenvalue weighted by Gasteiger charge is -2.12. The molecule has 1 aromatic rings. The average molecular weight is 295 g/mol. The van der Waals surface area contributed by atoms with Gasteiger partial charge in [0.25, 0.3) is 0 Å². The molecule has 0 radical (unpaired) electrons. The molecule has 5 nitrogen and oxygen atoms in total. The van der Waals surface area contributed by atoms with E-state index in [1.54, 1.807) is 19.2 Å². The molecule has 0 aliphatic heterocycles. The Morgan fingerprint density at radius 3 is 2.39 bits per heavy atom. The molecule has 102 valence electrons. The van der Waals surface area contributed by atoms with E-state index >= 15 is 0 Å². The van der Waals surface area contributed by atoms with E-state index in [1.165, 1.54) is 14.2 Å². The van der Waals surface area contributed by atoms with Crippen LogP contribution in [0.2, 0.25) is 5.02 Å². The molecule has 1 aromatic carbocycles. The van der Waals surface area contributed by atoms with Crippen LogP contribution >= 0.6 is 24.0 Å². The van der Waals surface area contributed by atoms with Crippen LogP contribution < -0.4 is 20.1 Å². The Bertz CT molecular complexity index is 414. The summed E-state index contributed by atoms with van der Waals surface area (Å²) in [5.41, 5.74) is 0.513. The number of methoxy groups -OCH3 is 2. The summed E-state index contributed by atoms with van der Waals surface area (Å²) < 4.78 is 10.2. The molecule has 0 unspecified atom stereocenters. The Labute approximate surface area is 117 Å². The molecule has 18 heavy (non-hydrogen) atoms. The van der Waals surface area contributed by atoms with Gasteiger partial charge in [-0.3, -0.25) is 4.79 Å². The molecule has 1 rings (SSSR count). The van der Waals surface area contributed by atoms with Crippen molar-refractivity contribution >= 4 is 35.6 Å². The van der Waals surface area contributed by atoms with E-state index in [0.717, 1.165) is 0 Å². The molecule has 0 spiro atoms. The van der Waals surface area contributed by atoms with Gasteiger partial charge in [-0.05, 0) is 13.1 Å². The highest BCUT2D eigenvalue weighted by atomic mass is 35.5. The maximum absolute atomic E-state index is 11.4. The quantitative estimate of drug-likeness (QED) is 0.871. The van der Waals surface area contributed by atoms with Crippen LogP contribution in [0, 0.1) is 0 Å². The van der Waals surface area contributed by atoms with Crippen LogP contribution in [-0.2, 0) is 4.79 Å². The summed E-state index contributed by atoms with van der Waals surface area (Å²) in [6.45, 7) is 0.215. The molecule has 0 bridgehead atoms. The number of hydrogen-bond acceptors (Lipinski definition) is 4. The highest BCUT2D eigenvalue weighted by molar-refractivity contribution is 6.32. The minimum absolute atomic E-state index is 0. The molecule has 0 fully saturated rings. The van der Waals surface area contributed by atoms with Gasteiger partial charge < -0.3 is 20.1 Å². The van der Waals surface area contributed by atoms with Crippen molar-refractivity contribution in [1.29, 1.82) is 0 Å². The van der Waals surface area contributed by atoms with Gasteiger partial charge in [0.15, 0.2) is 0 Å². The van der Waals surface area contributed by atoms with Gasteiger partial charge in [0.1, 0.15) is 11.5 Å². The van der Waals surface area contributed by atoms with Crippen LogP contribution in [0.1, 0.15) is 0 Å². The summed E-state index contributed by atoms with van der Waals surface area (Å²) in [7, 11) is 4.72. The number of ether oxygens (including phenoxy) is 2. The van der Waals surface area contributed by atoms with E-state index in [1.807, 2.05) is 0 Å². The summed E-state index contributed by atoms with van der Waals surface area (Å²) >= 11 is 5.97. The number of amides is 1. The van der Waals surface area contributed by atoms with Crippen LogP contribution in [-0.4, -0.2) is 33.7 Å². The number of hydrogen-bond donors (Lipinski definition) is 2. The summed E-state index contributed by atoms with van der Waals surface area (Å²) in [4.78, 5) is 11.4. The van der Waals surface area contributed by atoms with Gasteiger partial charge in [-0.25, -0.2) is 0 Å². The second-order valence-electron chi connectivity index (χ2n) is 3.27. The Morgan fingerprint density at radius 2 is 1.89 bits per heavy atom. The van der Waals surface area contributed by atoms with Crippen molar-refractivity contribution in [3.63, 3.8) is 0 Å². The molecule has 0 saturated heterocycles. The smallest absolute Gasteiger partial charge is 0.238 e. The van der Waals surface area contributed by atoms with Crippen LogP contribution in [0.25, 0.3) is 0 Å². The summed E-state index contributed by atoms with van der Waals surface area (Å²) in [6, 6.07) is 3.21. The number of benzene rings is 1. The molecular weight excluding hydrogens is 279 g/mol. The molecule has 0 aliphatic carbocycles. The molecule has 2 N–H and O–H groups in total. The summed E-state index contributed by atoms with van der Waals surface area (Å²) in [5, 5.41) is 5.85. The zero-order valence-corrected chi connectivity index (χ0v) is 11.9. The van der Waals surface area contributed by atoms with Gasteiger partial charge in [0.05, 0.1) is 31.5 Å². The van der Waals surface area contributed by atoms with Crippen LogP contribution in [0.15, 0.2) is 12.1 Å². The molecule has 0 atom stereocenters. The van der Waals surface area contributed by atoms with Crippen molar-refractivity contribution in [2.45, 2.75) is 0 Å². The van der Waals surface area contributed by atoms with Gasteiger partial charge in [-0.1, -0.05) is 11.6 Å². The Morgan fingerprint density at radius 1 is 1.28 bits per heavy atom. The van der Waals surface area contributed by atoms with E-state index < -0.39 is 0 Å². The van der Waals surface area contributed by atoms with Crippen molar-refractivity contribution in [3.05, 3.63) is 17.2 Å². The zero-order valence-electron chi connectivity index (χ0n) is 10.4. The SMILES string of the molecule is CNCC(=O)Nc1cc(Cl)c(OC)cc1OC.Cl. The molecule has 0 aliphatic rings. The molecule has 0 saturated carbocycles. The van der Waals surface area contributed by atoms with Gasteiger partial charge in [-0.15, -0.1) is 12.4 Å². The lowest BCUT2D eigenvalue weighted by Crippen LogP contribution is -2.25. The number of carbonyl (C=O) groups excluding carboxylic acids is 1. The van der Waals surface area contributed by atoms with Crippen molar-refractivity contribution in [2.24, 2.45) is 0 Å². The van der Waals surface area contributed by atoms with Gasteiger partial charge in [0.2, 0.25) is 5.91 Å². The largest absolute Gasteiger partial charge is 0.495 e. The highest BCUT2D eigenvalue weighted by Crippen LogP contribution is 2.35. The van der Waals surface area contributed by atoms with E-state index in [2.05, 4.69) is 10.6 Å². The predicted molar refractivity (Wildman–Crippen MR) is 74.4 cm³/mol. The first-order valence-corrected chi connectivity index (χ1v) is 5.36. The third-order valence-corrected chi connectivity index (χ3v) is 2.38. The topological polar surface area (TPSA) is 59.6 Å². The molecule has 0 aromatic heterocycles. The summed E-state index contributed by atoms with van der Waals surface area (Å²) in [6.07, 6.45) is 0. The molecule has 1 amide bonds. The monoisotopic (exact) mass is 294 g/mol. The average Bonchev–Trinajstić information content (AvgIpc) is 2.29. The Hall–Kier alpha value is -1.17. The first kappa shape index (κ1) is 16.8. The van der Waals surface area contributed by atoms with E-state index in [4.69, 9.17) is 21.1 Å². The van der Waals surface area contributed by atoms with Crippen LogP contribution in [0.3, 0.4) is 0 Å². The normalized spacial score (nSPS) is 9.33. The van der Waals surface area contributed by atoms with Crippen LogP contribution in [0.5, 0.6) is 11.5 Å². The standard InChI is InChI=1S/C11H15ClN2O3.ClH/c1-13-6-11(15)14-8-4-7(12)9(16-2)5-10(8)17-3;/h4-5,13H,6H2,1-3H3,(H,14,15);1H. The second kappa shape index (κ2) is 8.02. The first-order chi connectivity index (χ1) is 8.12. The van der Waals surface area contributed by atoms with Gasteiger partial charge in [0, 0.05) is 6.07 Å². The third kappa shape index (κ3) is 4.25. The fraction of sp³-hybridized carbons (Fsp3) is 0.364. The Balaban J connectivity index is 0.00000289. The third-order valence-electron chi connectivity index (χ3n) is 2.09. The van der Waals surface area contributed by atoms with Gasteiger partial charge in [-0.2, -0.15) is 0 Å². The second-order valence-corrected chi connectivity index (χ2v) is 3.67. The van der Waals surface area contributed by atoms with Crippen molar-refractivity contribution in [2.75, 3.05) is 33.1 Å².